The molecule has 0 spiro atoms. The van der Waals surface area contributed by atoms with Crippen molar-refractivity contribution in [2.24, 2.45) is 5.92 Å². The van der Waals surface area contributed by atoms with Gasteiger partial charge in [0.05, 0.1) is 6.61 Å². The lowest BCUT2D eigenvalue weighted by Gasteiger charge is -2.19. The number of nitrogens with one attached hydrogen (secondary N) is 1. The van der Waals surface area contributed by atoms with Gasteiger partial charge in [-0.15, -0.1) is 0 Å². The fraction of sp³-hybridized carbons (Fsp3) is 1.00. The van der Waals surface area contributed by atoms with E-state index >= 15 is 0 Å². The third-order valence-corrected chi connectivity index (χ3v) is 2.70. The van der Waals surface area contributed by atoms with Crippen LogP contribution >= 0.6 is 0 Å². The van der Waals surface area contributed by atoms with Crippen molar-refractivity contribution in [2.75, 3.05) is 45.9 Å². The molecule has 90 valence electrons. The van der Waals surface area contributed by atoms with Gasteiger partial charge >= 0.3 is 0 Å². The molecule has 0 bridgehead atoms. The smallest absolute Gasteiger partial charge is 0.0593 e. The highest BCUT2D eigenvalue weighted by Gasteiger charge is 2.07. The zero-order valence-corrected chi connectivity index (χ0v) is 10.3. The van der Waals surface area contributed by atoms with E-state index in [0.717, 1.165) is 38.8 Å². The first kappa shape index (κ1) is 12.9. The molecule has 0 saturated carbocycles. The summed E-state index contributed by atoms with van der Waals surface area (Å²) >= 11 is 0. The molecule has 0 aliphatic carbocycles. The largest absolute Gasteiger partial charge is 0.380 e. The molecule has 0 unspecified atom stereocenters. The number of ether oxygens (including phenoxy) is 1. The monoisotopic (exact) mass is 214 g/mol. The van der Waals surface area contributed by atoms with Crippen LogP contribution < -0.4 is 5.32 Å². The molecule has 1 saturated heterocycles. The second kappa shape index (κ2) is 8.08. The summed E-state index contributed by atoms with van der Waals surface area (Å²) in [6, 6.07) is 0. The van der Waals surface area contributed by atoms with Gasteiger partial charge in [-0.05, 0) is 38.4 Å². The summed E-state index contributed by atoms with van der Waals surface area (Å²) in [6.45, 7) is 12.2. The van der Waals surface area contributed by atoms with E-state index in [0.29, 0.717) is 0 Å². The van der Waals surface area contributed by atoms with Crippen LogP contribution in [0.3, 0.4) is 0 Å². The van der Waals surface area contributed by atoms with Gasteiger partial charge in [-0.2, -0.15) is 0 Å². The maximum atomic E-state index is 5.43. The predicted octanol–water partition coefficient (Wildman–Crippen LogP) is 1.34. The normalized spacial score (nSPS) is 19.4. The highest BCUT2D eigenvalue weighted by Crippen LogP contribution is 1.99. The Kier molecular flexibility index (Phi) is 6.98. The van der Waals surface area contributed by atoms with Gasteiger partial charge in [-0.3, -0.25) is 0 Å². The second-order valence-electron chi connectivity index (χ2n) is 4.76. The van der Waals surface area contributed by atoms with Gasteiger partial charge in [0.15, 0.2) is 0 Å². The Morgan fingerprint density at radius 1 is 1.27 bits per heavy atom. The number of hydrogen-bond acceptors (Lipinski definition) is 3. The van der Waals surface area contributed by atoms with Crippen molar-refractivity contribution in [2.45, 2.75) is 26.7 Å². The first-order chi connectivity index (χ1) is 7.29. The van der Waals surface area contributed by atoms with Crippen LogP contribution in [-0.2, 0) is 4.74 Å². The van der Waals surface area contributed by atoms with Gasteiger partial charge in [0, 0.05) is 19.7 Å². The summed E-state index contributed by atoms with van der Waals surface area (Å²) in [4.78, 5) is 2.52. The van der Waals surface area contributed by atoms with Crippen molar-refractivity contribution in [3.63, 3.8) is 0 Å². The number of rotatable bonds is 6. The van der Waals surface area contributed by atoms with E-state index in [1.165, 1.54) is 25.9 Å². The molecule has 1 fully saturated rings. The van der Waals surface area contributed by atoms with Crippen molar-refractivity contribution in [1.82, 2.24) is 10.2 Å². The van der Waals surface area contributed by atoms with Crippen LogP contribution in [0.15, 0.2) is 0 Å². The topological polar surface area (TPSA) is 24.5 Å². The highest BCUT2D eigenvalue weighted by atomic mass is 16.5. The predicted molar refractivity (Wildman–Crippen MR) is 64.2 cm³/mol. The van der Waals surface area contributed by atoms with Gasteiger partial charge in [-0.25, -0.2) is 0 Å². The SMILES string of the molecule is CC(C)CNCCCN1CCCOCC1. The van der Waals surface area contributed by atoms with E-state index in [2.05, 4.69) is 24.1 Å². The molecular weight excluding hydrogens is 188 g/mol. The lowest BCUT2D eigenvalue weighted by Crippen LogP contribution is -2.30. The molecule has 3 heteroatoms. The minimum atomic E-state index is 0.761. The minimum Gasteiger partial charge on any atom is -0.380 e. The first-order valence-corrected chi connectivity index (χ1v) is 6.30. The third-order valence-electron chi connectivity index (χ3n) is 2.70. The molecule has 0 atom stereocenters. The molecule has 1 rings (SSSR count). The summed E-state index contributed by atoms with van der Waals surface area (Å²) < 4.78 is 5.43. The Bertz CT molecular complexity index is 143. The average Bonchev–Trinajstić information content (AvgIpc) is 2.45. The molecule has 1 N–H and O–H groups in total. The molecule has 1 aliphatic rings. The fourth-order valence-electron chi connectivity index (χ4n) is 1.84. The van der Waals surface area contributed by atoms with Gasteiger partial charge in [0.25, 0.3) is 0 Å². The molecule has 0 aromatic rings. The average molecular weight is 214 g/mol. The van der Waals surface area contributed by atoms with E-state index in [-0.39, 0.29) is 0 Å². The van der Waals surface area contributed by atoms with E-state index in [1.54, 1.807) is 0 Å². The van der Waals surface area contributed by atoms with Crippen molar-refractivity contribution in [3.05, 3.63) is 0 Å². The molecule has 15 heavy (non-hydrogen) atoms. The molecule has 0 aromatic carbocycles. The lowest BCUT2D eigenvalue weighted by atomic mass is 10.2. The molecule has 1 heterocycles. The van der Waals surface area contributed by atoms with Crippen molar-refractivity contribution >= 4 is 0 Å². The summed E-state index contributed by atoms with van der Waals surface area (Å²) in [5, 5.41) is 3.48. The quantitative estimate of drug-likeness (QED) is 0.675. The Morgan fingerprint density at radius 3 is 2.93 bits per heavy atom. The third kappa shape index (κ3) is 6.88. The van der Waals surface area contributed by atoms with Crippen LogP contribution in [0.25, 0.3) is 0 Å². The fourth-order valence-corrected chi connectivity index (χ4v) is 1.84. The van der Waals surface area contributed by atoms with E-state index in [4.69, 9.17) is 4.74 Å². The Hall–Kier alpha value is -0.120. The Balaban J connectivity index is 1.94. The standard InChI is InChI=1S/C12H26N2O/c1-12(2)11-13-5-3-6-14-7-4-9-15-10-8-14/h12-13H,3-11H2,1-2H3. The van der Waals surface area contributed by atoms with Crippen LogP contribution in [0.2, 0.25) is 0 Å². The molecule has 1 aliphatic heterocycles. The van der Waals surface area contributed by atoms with Crippen LogP contribution in [0.5, 0.6) is 0 Å². The Labute approximate surface area is 94.2 Å². The summed E-state index contributed by atoms with van der Waals surface area (Å²) in [7, 11) is 0. The zero-order chi connectivity index (χ0) is 10.9. The van der Waals surface area contributed by atoms with E-state index < -0.39 is 0 Å². The second-order valence-corrected chi connectivity index (χ2v) is 4.76. The highest BCUT2D eigenvalue weighted by molar-refractivity contribution is 4.62. The van der Waals surface area contributed by atoms with Gasteiger partial charge < -0.3 is 15.0 Å². The van der Waals surface area contributed by atoms with Crippen molar-refractivity contribution in [1.29, 1.82) is 0 Å². The molecule has 3 nitrogen and oxygen atoms in total. The summed E-state index contributed by atoms with van der Waals surface area (Å²) in [5.74, 6) is 0.761. The number of nitrogens with zero attached hydrogens (tertiary/aromatic N) is 1. The zero-order valence-electron chi connectivity index (χ0n) is 10.3. The minimum absolute atomic E-state index is 0.761. The van der Waals surface area contributed by atoms with E-state index in [1.807, 2.05) is 0 Å². The molecule has 0 amide bonds. The van der Waals surface area contributed by atoms with Crippen molar-refractivity contribution < 1.29 is 4.74 Å². The lowest BCUT2D eigenvalue weighted by molar-refractivity contribution is 0.141. The summed E-state index contributed by atoms with van der Waals surface area (Å²) in [6.07, 6.45) is 2.45. The number of hydrogen-bond donors (Lipinski definition) is 1. The Morgan fingerprint density at radius 2 is 2.13 bits per heavy atom. The van der Waals surface area contributed by atoms with Gasteiger partial charge in [-0.1, -0.05) is 13.8 Å². The maximum Gasteiger partial charge on any atom is 0.0593 e. The summed E-state index contributed by atoms with van der Waals surface area (Å²) in [5.41, 5.74) is 0. The van der Waals surface area contributed by atoms with Crippen LogP contribution in [0, 0.1) is 5.92 Å². The van der Waals surface area contributed by atoms with Crippen molar-refractivity contribution in [3.8, 4) is 0 Å². The molecule has 0 aromatic heterocycles. The van der Waals surface area contributed by atoms with Gasteiger partial charge in [0.1, 0.15) is 0 Å². The molecular formula is C12H26N2O. The first-order valence-electron chi connectivity index (χ1n) is 6.30. The molecule has 0 radical (unpaired) electrons. The van der Waals surface area contributed by atoms with Crippen LogP contribution in [0.1, 0.15) is 26.7 Å². The van der Waals surface area contributed by atoms with Gasteiger partial charge in [0.2, 0.25) is 0 Å². The van der Waals surface area contributed by atoms with Crippen LogP contribution in [-0.4, -0.2) is 50.8 Å². The van der Waals surface area contributed by atoms with E-state index in [9.17, 15) is 0 Å². The maximum absolute atomic E-state index is 5.43. The van der Waals surface area contributed by atoms with Crippen LogP contribution in [0.4, 0.5) is 0 Å².